The van der Waals surface area contributed by atoms with Crippen molar-refractivity contribution in [1.82, 2.24) is 4.31 Å². The van der Waals surface area contributed by atoms with Crippen molar-refractivity contribution in [3.8, 4) is 0 Å². The van der Waals surface area contributed by atoms with Gasteiger partial charge in [0.05, 0.1) is 4.90 Å². The minimum atomic E-state index is -3.59. The monoisotopic (exact) mass is 483 g/mol. The third kappa shape index (κ3) is 5.67. The Morgan fingerprint density at radius 3 is 1.79 bits per heavy atom. The molecule has 0 spiro atoms. The zero-order chi connectivity index (χ0) is 24.5. The first-order valence-corrected chi connectivity index (χ1v) is 13.3. The summed E-state index contributed by atoms with van der Waals surface area (Å²) in [7, 11) is -3.59. The number of sulfonamides is 1. The van der Waals surface area contributed by atoms with Gasteiger partial charge in [-0.25, -0.2) is 8.42 Å². The van der Waals surface area contributed by atoms with E-state index in [-0.39, 0.29) is 34.0 Å². The largest absolute Gasteiger partial charge is 0.326 e. The number of hydrogen-bond donors (Lipinski definition) is 2. The van der Waals surface area contributed by atoms with Gasteiger partial charge in [-0.3, -0.25) is 9.59 Å². The Morgan fingerprint density at radius 2 is 1.32 bits per heavy atom. The van der Waals surface area contributed by atoms with Crippen molar-refractivity contribution in [2.75, 3.05) is 23.7 Å². The van der Waals surface area contributed by atoms with Gasteiger partial charge in [-0.2, -0.15) is 4.31 Å². The van der Waals surface area contributed by atoms with E-state index in [9.17, 15) is 18.0 Å². The molecule has 0 radical (unpaired) electrons. The van der Waals surface area contributed by atoms with Crippen molar-refractivity contribution in [1.29, 1.82) is 0 Å². The van der Waals surface area contributed by atoms with Crippen LogP contribution in [0.4, 0.5) is 11.4 Å². The zero-order valence-electron chi connectivity index (χ0n) is 20.0. The molecule has 0 aromatic heterocycles. The number of hydrogen-bond acceptors (Lipinski definition) is 4. The highest BCUT2D eigenvalue weighted by molar-refractivity contribution is 7.89. The minimum Gasteiger partial charge on any atom is -0.326 e. The molecule has 2 amide bonds. The summed E-state index contributed by atoms with van der Waals surface area (Å²) in [5.41, 5.74) is 2.31. The Kier molecular flexibility index (Phi) is 6.82. The van der Waals surface area contributed by atoms with Gasteiger partial charge in [0.2, 0.25) is 21.8 Å². The first-order valence-electron chi connectivity index (χ1n) is 11.9. The number of nitrogens with zero attached hydrogens (tertiary/aromatic N) is 1. The second-order valence-corrected chi connectivity index (χ2v) is 12.2. The van der Waals surface area contributed by atoms with Crippen LogP contribution in [-0.2, 0) is 25.0 Å². The lowest BCUT2D eigenvalue weighted by molar-refractivity contribution is -0.121. The number of anilines is 2. The summed E-state index contributed by atoms with van der Waals surface area (Å²) in [5.74, 6) is -0.266. The zero-order valence-corrected chi connectivity index (χ0v) is 20.8. The minimum absolute atomic E-state index is 0.0186. The van der Waals surface area contributed by atoms with E-state index < -0.39 is 10.0 Å². The van der Waals surface area contributed by atoms with Gasteiger partial charge in [0.1, 0.15) is 0 Å². The molecule has 2 aliphatic rings. The maximum atomic E-state index is 13.1. The quantitative estimate of drug-likeness (QED) is 0.638. The number of piperidine rings is 1. The van der Waals surface area contributed by atoms with Crippen LogP contribution in [0.3, 0.4) is 0 Å². The fourth-order valence-electron chi connectivity index (χ4n) is 4.14. The molecule has 1 aliphatic heterocycles. The molecule has 4 rings (SSSR count). The van der Waals surface area contributed by atoms with Crippen molar-refractivity contribution in [2.45, 2.75) is 56.8 Å². The molecule has 1 saturated carbocycles. The van der Waals surface area contributed by atoms with Crippen LogP contribution in [-0.4, -0.2) is 37.6 Å². The lowest BCUT2D eigenvalue weighted by Gasteiger charge is -2.30. The summed E-state index contributed by atoms with van der Waals surface area (Å²) < 4.78 is 27.6. The van der Waals surface area contributed by atoms with E-state index in [1.165, 1.54) is 4.31 Å². The number of benzene rings is 2. The van der Waals surface area contributed by atoms with Crippen LogP contribution in [0.2, 0.25) is 0 Å². The van der Waals surface area contributed by atoms with Crippen LogP contribution < -0.4 is 10.6 Å². The van der Waals surface area contributed by atoms with Gasteiger partial charge in [-0.1, -0.05) is 39.0 Å². The van der Waals surface area contributed by atoms with Crippen molar-refractivity contribution < 1.29 is 18.0 Å². The predicted octanol–water partition coefficient (Wildman–Crippen LogP) is 4.37. The number of carbonyl (C=O) groups excluding carboxylic acids is 2. The summed E-state index contributed by atoms with van der Waals surface area (Å²) in [6, 6.07) is 14.2. The Morgan fingerprint density at radius 1 is 0.824 bits per heavy atom. The van der Waals surface area contributed by atoms with Crippen molar-refractivity contribution >= 4 is 33.2 Å². The maximum absolute atomic E-state index is 13.1. The third-order valence-electron chi connectivity index (χ3n) is 6.53. The molecule has 182 valence electrons. The average molecular weight is 484 g/mol. The lowest BCUT2D eigenvalue weighted by Crippen LogP contribution is -2.41. The molecule has 2 aromatic rings. The topological polar surface area (TPSA) is 95.6 Å². The second kappa shape index (κ2) is 9.50. The lowest BCUT2D eigenvalue weighted by atomic mass is 9.87. The van der Waals surface area contributed by atoms with E-state index in [0.29, 0.717) is 37.3 Å². The Balaban J connectivity index is 1.33. The summed E-state index contributed by atoms with van der Waals surface area (Å²) in [6.07, 6.45) is 2.78. The highest BCUT2D eigenvalue weighted by Gasteiger charge is 2.32. The molecular formula is C26H33N3O4S. The number of amides is 2. The van der Waals surface area contributed by atoms with Crippen LogP contribution in [0, 0.1) is 11.8 Å². The Bertz CT molecular complexity index is 1160. The molecule has 34 heavy (non-hydrogen) atoms. The molecule has 0 atom stereocenters. The van der Waals surface area contributed by atoms with Gasteiger partial charge in [-0.05, 0) is 67.0 Å². The molecule has 7 nitrogen and oxygen atoms in total. The summed E-state index contributed by atoms with van der Waals surface area (Å²) in [6.45, 7) is 6.88. The van der Waals surface area contributed by atoms with Crippen LogP contribution in [0.1, 0.15) is 52.0 Å². The van der Waals surface area contributed by atoms with Crippen LogP contribution in [0.25, 0.3) is 0 Å². The highest BCUT2D eigenvalue weighted by Crippen LogP contribution is 2.31. The molecule has 8 heteroatoms. The van der Waals surface area contributed by atoms with Crippen molar-refractivity contribution in [2.24, 2.45) is 11.8 Å². The summed E-state index contributed by atoms with van der Waals surface area (Å²) in [4.78, 5) is 25.1. The van der Waals surface area contributed by atoms with Gasteiger partial charge >= 0.3 is 0 Å². The fourth-order valence-corrected chi connectivity index (χ4v) is 5.61. The maximum Gasteiger partial charge on any atom is 0.243 e. The SMILES string of the molecule is CC(C)(C)c1ccc(S(=O)(=O)N2CCC(C(=O)Nc3cccc(NC(=O)C4CC4)c3)CC2)cc1. The normalized spacial score (nSPS) is 17.9. The number of carbonyl (C=O) groups is 2. The van der Waals surface area contributed by atoms with Gasteiger partial charge < -0.3 is 10.6 Å². The van der Waals surface area contributed by atoms with Gasteiger partial charge in [0.15, 0.2) is 0 Å². The fraction of sp³-hybridized carbons (Fsp3) is 0.462. The van der Waals surface area contributed by atoms with Crippen LogP contribution in [0.15, 0.2) is 53.4 Å². The van der Waals surface area contributed by atoms with E-state index in [1.54, 1.807) is 36.4 Å². The standard InChI is InChI=1S/C26H33N3O4S/c1-26(2,3)20-9-11-23(12-10-20)34(32,33)29-15-13-19(14-16-29)25(31)28-22-6-4-5-21(17-22)27-24(30)18-7-8-18/h4-6,9-12,17-19H,7-8,13-16H2,1-3H3,(H,27,30)(H,28,31). The van der Waals surface area contributed by atoms with E-state index >= 15 is 0 Å². The van der Waals surface area contributed by atoms with Gasteiger partial charge in [0, 0.05) is 36.3 Å². The molecule has 2 fully saturated rings. The third-order valence-corrected chi connectivity index (χ3v) is 8.44. The molecule has 2 N–H and O–H groups in total. The average Bonchev–Trinajstić information content (AvgIpc) is 3.65. The first-order chi connectivity index (χ1) is 16.0. The second-order valence-electron chi connectivity index (χ2n) is 10.3. The predicted molar refractivity (Wildman–Crippen MR) is 133 cm³/mol. The van der Waals surface area contributed by atoms with E-state index in [4.69, 9.17) is 0 Å². The Hall–Kier alpha value is -2.71. The van der Waals surface area contributed by atoms with E-state index in [0.717, 1.165) is 18.4 Å². The number of rotatable bonds is 6. The molecule has 1 aliphatic carbocycles. The smallest absolute Gasteiger partial charge is 0.243 e. The van der Waals surface area contributed by atoms with Gasteiger partial charge in [-0.15, -0.1) is 0 Å². The van der Waals surface area contributed by atoms with Crippen LogP contribution >= 0.6 is 0 Å². The molecule has 0 bridgehead atoms. The molecule has 2 aromatic carbocycles. The molecule has 1 saturated heterocycles. The first kappa shape index (κ1) is 24.4. The highest BCUT2D eigenvalue weighted by atomic mass is 32.2. The summed E-state index contributed by atoms with van der Waals surface area (Å²) in [5, 5.41) is 5.80. The van der Waals surface area contributed by atoms with E-state index in [2.05, 4.69) is 31.4 Å². The number of nitrogens with one attached hydrogen (secondary N) is 2. The molecular weight excluding hydrogens is 450 g/mol. The molecule has 0 unspecified atom stereocenters. The van der Waals surface area contributed by atoms with Crippen LogP contribution in [0.5, 0.6) is 0 Å². The molecule has 1 heterocycles. The van der Waals surface area contributed by atoms with Gasteiger partial charge in [0.25, 0.3) is 0 Å². The van der Waals surface area contributed by atoms with E-state index in [1.807, 2.05) is 12.1 Å². The Labute approximate surface area is 202 Å². The van der Waals surface area contributed by atoms with Crippen molar-refractivity contribution in [3.05, 3.63) is 54.1 Å². The summed E-state index contributed by atoms with van der Waals surface area (Å²) >= 11 is 0. The van der Waals surface area contributed by atoms with Crippen molar-refractivity contribution in [3.63, 3.8) is 0 Å².